The van der Waals surface area contributed by atoms with Crippen molar-refractivity contribution in [3.05, 3.63) is 29.8 Å². The van der Waals surface area contributed by atoms with Gasteiger partial charge in [0.15, 0.2) is 0 Å². The number of likely N-dealkylation sites (tertiary alicyclic amines) is 1. The molecular weight excluding hydrogens is 306 g/mol. The van der Waals surface area contributed by atoms with Crippen LogP contribution in [-0.4, -0.2) is 55.9 Å². The Balaban J connectivity index is 1.31. The summed E-state index contributed by atoms with van der Waals surface area (Å²) in [5.74, 6) is 1.61. The molecule has 1 atom stereocenters. The molecule has 0 radical (unpaired) electrons. The molecule has 24 heavy (non-hydrogen) atoms. The summed E-state index contributed by atoms with van der Waals surface area (Å²) in [6.45, 7) is 2.97. The first kappa shape index (κ1) is 15.9. The van der Waals surface area contributed by atoms with E-state index in [-0.39, 0.29) is 17.6 Å². The van der Waals surface area contributed by atoms with Gasteiger partial charge in [0, 0.05) is 25.2 Å². The van der Waals surface area contributed by atoms with E-state index in [1.807, 2.05) is 29.2 Å². The van der Waals surface area contributed by atoms with Gasteiger partial charge >= 0.3 is 0 Å². The van der Waals surface area contributed by atoms with Crippen molar-refractivity contribution in [3.8, 4) is 5.75 Å². The monoisotopic (exact) mass is 331 g/mol. The SMILES string of the molecule is COc1ccc(C(=O)N2CC3(C[C@@H](OCC4CC4)CCO3)C2)cc1. The van der Waals surface area contributed by atoms with Gasteiger partial charge in [-0.25, -0.2) is 0 Å². The van der Waals surface area contributed by atoms with E-state index in [9.17, 15) is 4.79 Å². The molecule has 5 heteroatoms. The van der Waals surface area contributed by atoms with Crippen LogP contribution >= 0.6 is 0 Å². The number of nitrogens with zero attached hydrogens (tertiary/aromatic N) is 1. The van der Waals surface area contributed by atoms with Crippen LogP contribution in [0.4, 0.5) is 0 Å². The average molecular weight is 331 g/mol. The number of benzene rings is 1. The zero-order valence-electron chi connectivity index (χ0n) is 14.2. The lowest BCUT2D eigenvalue weighted by atomic mass is 9.84. The van der Waals surface area contributed by atoms with Crippen molar-refractivity contribution >= 4 is 5.91 Å². The van der Waals surface area contributed by atoms with Gasteiger partial charge in [-0.3, -0.25) is 4.79 Å². The first-order valence-electron chi connectivity index (χ1n) is 8.86. The maximum atomic E-state index is 12.6. The highest BCUT2D eigenvalue weighted by Gasteiger charge is 2.49. The lowest BCUT2D eigenvalue weighted by Gasteiger charge is -2.53. The van der Waals surface area contributed by atoms with Crippen molar-refractivity contribution < 1.29 is 19.0 Å². The van der Waals surface area contributed by atoms with E-state index in [0.717, 1.165) is 37.7 Å². The van der Waals surface area contributed by atoms with Crippen molar-refractivity contribution in [2.75, 3.05) is 33.4 Å². The molecule has 5 nitrogen and oxygen atoms in total. The number of hydrogen-bond donors (Lipinski definition) is 0. The van der Waals surface area contributed by atoms with E-state index in [2.05, 4.69) is 0 Å². The summed E-state index contributed by atoms with van der Waals surface area (Å²) in [7, 11) is 1.62. The van der Waals surface area contributed by atoms with Crippen LogP contribution in [0.5, 0.6) is 5.75 Å². The predicted molar refractivity (Wildman–Crippen MR) is 89.3 cm³/mol. The molecule has 2 heterocycles. The fourth-order valence-electron chi connectivity index (χ4n) is 3.61. The molecule has 2 aliphatic heterocycles. The Morgan fingerprint density at radius 3 is 2.67 bits per heavy atom. The molecule has 1 aliphatic carbocycles. The average Bonchev–Trinajstić information content (AvgIpc) is 3.42. The molecule has 0 unspecified atom stereocenters. The first-order chi connectivity index (χ1) is 11.7. The van der Waals surface area contributed by atoms with Crippen LogP contribution in [0.2, 0.25) is 0 Å². The number of carbonyl (C=O) groups is 1. The van der Waals surface area contributed by atoms with Crippen LogP contribution in [0, 0.1) is 5.92 Å². The van der Waals surface area contributed by atoms with Crippen LogP contribution in [0.15, 0.2) is 24.3 Å². The van der Waals surface area contributed by atoms with Crippen LogP contribution in [0.3, 0.4) is 0 Å². The number of methoxy groups -OCH3 is 1. The second kappa shape index (κ2) is 6.37. The van der Waals surface area contributed by atoms with Crippen LogP contribution < -0.4 is 4.74 Å². The normalized spacial score (nSPS) is 25.4. The van der Waals surface area contributed by atoms with Gasteiger partial charge in [0.1, 0.15) is 11.4 Å². The Hall–Kier alpha value is -1.59. The molecule has 1 aromatic rings. The molecule has 130 valence electrons. The van der Waals surface area contributed by atoms with Gasteiger partial charge in [0.2, 0.25) is 0 Å². The van der Waals surface area contributed by atoms with Crippen LogP contribution in [0.25, 0.3) is 0 Å². The fraction of sp³-hybridized carbons (Fsp3) is 0.632. The number of hydrogen-bond acceptors (Lipinski definition) is 4. The van der Waals surface area contributed by atoms with Gasteiger partial charge in [0.05, 0.1) is 26.3 Å². The van der Waals surface area contributed by atoms with Crippen molar-refractivity contribution in [2.45, 2.75) is 37.4 Å². The van der Waals surface area contributed by atoms with E-state index >= 15 is 0 Å². The molecule has 4 rings (SSSR count). The van der Waals surface area contributed by atoms with Crippen molar-refractivity contribution in [1.82, 2.24) is 4.90 Å². The number of ether oxygens (including phenoxy) is 3. The third-order valence-corrected chi connectivity index (χ3v) is 5.29. The molecule has 0 aromatic heterocycles. The smallest absolute Gasteiger partial charge is 0.254 e. The molecule has 1 spiro atoms. The summed E-state index contributed by atoms with van der Waals surface area (Å²) in [4.78, 5) is 14.4. The molecule has 2 saturated heterocycles. The Morgan fingerprint density at radius 2 is 2.00 bits per heavy atom. The maximum absolute atomic E-state index is 12.6. The third kappa shape index (κ3) is 3.28. The minimum atomic E-state index is -0.186. The van der Waals surface area contributed by atoms with Gasteiger partial charge < -0.3 is 19.1 Å². The lowest BCUT2D eigenvalue weighted by molar-refractivity contribution is -0.186. The fourth-order valence-corrected chi connectivity index (χ4v) is 3.61. The zero-order chi connectivity index (χ0) is 16.6. The topological polar surface area (TPSA) is 48.0 Å². The summed E-state index contributed by atoms with van der Waals surface area (Å²) in [5, 5.41) is 0. The molecule has 3 aliphatic rings. The standard InChI is InChI=1S/C19H25NO4/c1-22-16-6-4-15(5-7-16)18(21)20-12-19(13-20)10-17(8-9-24-19)23-11-14-2-3-14/h4-7,14,17H,2-3,8-13H2,1H3/t17-/m0/s1. The maximum Gasteiger partial charge on any atom is 0.254 e. The Morgan fingerprint density at radius 1 is 1.25 bits per heavy atom. The van der Waals surface area contributed by atoms with Crippen LogP contribution in [0.1, 0.15) is 36.0 Å². The highest BCUT2D eigenvalue weighted by molar-refractivity contribution is 5.95. The van der Waals surface area contributed by atoms with E-state index in [1.54, 1.807) is 7.11 Å². The van der Waals surface area contributed by atoms with Crippen molar-refractivity contribution in [2.24, 2.45) is 5.92 Å². The van der Waals surface area contributed by atoms with Crippen LogP contribution in [-0.2, 0) is 9.47 Å². The Bertz CT molecular complexity index is 590. The van der Waals surface area contributed by atoms with Gasteiger partial charge in [-0.2, -0.15) is 0 Å². The molecular formula is C19H25NO4. The number of rotatable bonds is 5. The molecule has 1 amide bonds. The summed E-state index contributed by atoms with van der Waals surface area (Å²) in [6.07, 6.45) is 4.81. The van der Waals surface area contributed by atoms with E-state index in [1.165, 1.54) is 12.8 Å². The minimum absolute atomic E-state index is 0.0629. The van der Waals surface area contributed by atoms with Crippen molar-refractivity contribution in [1.29, 1.82) is 0 Å². The summed E-state index contributed by atoms with van der Waals surface area (Å²) in [6, 6.07) is 7.27. The summed E-state index contributed by atoms with van der Waals surface area (Å²) in [5.41, 5.74) is 0.511. The largest absolute Gasteiger partial charge is 0.497 e. The highest BCUT2D eigenvalue weighted by atomic mass is 16.5. The first-order valence-corrected chi connectivity index (χ1v) is 8.86. The lowest BCUT2D eigenvalue weighted by Crippen LogP contribution is -2.67. The molecule has 1 saturated carbocycles. The van der Waals surface area contributed by atoms with Crippen molar-refractivity contribution in [3.63, 3.8) is 0 Å². The van der Waals surface area contributed by atoms with Gasteiger partial charge in [-0.05, 0) is 49.4 Å². The van der Waals surface area contributed by atoms with Gasteiger partial charge in [-0.15, -0.1) is 0 Å². The van der Waals surface area contributed by atoms with E-state index < -0.39 is 0 Å². The number of carbonyl (C=O) groups excluding carboxylic acids is 1. The third-order valence-electron chi connectivity index (χ3n) is 5.29. The zero-order valence-corrected chi connectivity index (χ0v) is 14.2. The molecule has 0 N–H and O–H groups in total. The minimum Gasteiger partial charge on any atom is -0.497 e. The summed E-state index contributed by atoms with van der Waals surface area (Å²) >= 11 is 0. The van der Waals surface area contributed by atoms with Gasteiger partial charge in [0.25, 0.3) is 5.91 Å². The summed E-state index contributed by atoms with van der Waals surface area (Å²) < 4.78 is 17.2. The Labute approximate surface area is 142 Å². The Kier molecular flexibility index (Phi) is 4.22. The quantitative estimate of drug-likeness (QED) is 0.832. The van der Waals surface area contributed by atoms with E-state index in [0.29, 0.717) is 18.7 Å². The molecule has 0 bridgehead atoms. The van der Waals surface area contributed by atoms with E-state index in [4.69, 9.17) is 14.2 Å². The second-order valence-electron chi connectivity index (χ2n) is 7.31. The van der Waals surface area contributed by atoms with Gasteiger partial charge in [-0.1, -0.05) is 0 Å². The predicted octanol–water partition coefficient (Wildman–Crippen LogP) is 2.50. The second-order valence-corrected chi connectivity index (χ2v) is 7.31. The molecule has 1 aromatic carbocycles. The number of amides is 1. The molecule has 3 fully saturated rings. The highest BCUT2D eigenvalue weighted by Crippen LogP contribution is 2.37.